The summed E-state index contributed by atoms with van der Waals surface area (Å²) in [5.41, 5.74) is 1.21. The van der Waals surface area contributed by atoms with Crippen LogP contribution in [0.5, 0.6) is 17.2 Å². The van der Waals surface area contributed by atoms with E-state index >= 15 is 0 Å². The number of benzene rings is 1. The number of nitrogens with one attached hydrogen (secondary N) is 1. The SMILES string of the molecule is C=C(F)/C(=C\CCl)C1c2c(cc(OC)c(OC)c2OC)NC(=O)N1CCC. The number of halogens is 2. The number of hydrogen-bond donors (Lipinski definition) is 1. The summed E-state index contributed by atoms with van der Waals surface area (Å²) in [7, 11) is 4.44. The molecule has 0 radical (unpaired) electrons. The van der Waals surface area contributed by atoms with Crippen LogP contribution in [0.25, 0.3) is 0 Å². The maximum atomic E-state index is 14.4. The van der Waals surface area contributed by atoms with Crippen LogP contribution in [0.4, 0.5) is 14.9 Å². The molecule has 1 aromatic rings. The quantitative estimate of drug-likeness (QED) is 0.511. The molecule has 1 aliphatic heterocycles. The van der Waals surface area contributed by atoms with E-state index in [1.807, 2.05) is 6.92 Å². The standard InChI is InChI=1S/C19H24ClFN2O4/c1-6-9-23-16(12(7-8-20)11(2)21)15-13(22-19(23)24)10-14(25-3)17(26-4)18(15)27-5/h7,10,16H,2,6,8-9H2,1,3-5H3,(H,22,24)/b12-7+. The number of nitrogens with zero attached hydrogens (tertiary/aromatic N) is 1. The first kappa shape index (κ1) is 20.9. The van der Waals surface area contributed by atoms with Gasteiger partial charge in [-0.1, -0.05) is 19.6 Å². The first-order chi connectivity index (χ1) is 12.9. The van der Waals surface area contributed by atoms with Gasteiger partial charge >= 0.3 is 6.03 Å². The Balaban J connectivity index is 2.85. The van der Waals surface area contributed by atoms with E-state index in [-0.39, 0.29) is 17.5 Å². The fourth-order valence-electron chi connectivity index (χ4n) is 3.26. The van der Waals surface area contributed by atoms with E-state index in [0.717, 1.165) is 0 Å². The fourth-order valence-corrected chi connectivity index (χ4v) is 3.43. The molecular weight excluding hydrogens is 375 g/mol. The van der Waals surface area contributed by atoms with Crippen LogP contribution in [0.15, 0.2) is 30.1 Å². The van der Waals surface area contributed by atoms with Crippen LogP contribution < -0.4 is 19.5 Å². The van der Waals surface area contributed by atoms with E-state index in [2.05, 4.69) is 11.9 Å². The molecule has 8 heteroatoms. The van der Waals surface area contributed by atoms with Gasteiger partial charge in [0.2, 0.25) is 5.75 Å². The Morgan fingerprint density at radius 2 is 2.00 bits per heavy atom. The molecule has 1 aromatic carbocycles. The second-order valence-electron chi connectivity index (χ2n) is 5.85. The number of amides is 2. The van der Waals surface area contributed by atoms with E-state index in [9.17, 15) is 9.18 Å². The van der Waals surface area contributed by atoms with Crippen molar-refractivity contribution in [1.29, 1.82) is 0 Å². The summed E-state index contributed by atoms with van der Waals surface area (Å²) < 4.78 is 30.7. The lowest BCUT2D eigenvalue weighted by Crippen LogP contribution is -2.43. The van der Waals surface area contributed by atoms with Gasteiger partial charge in [0.25, 0.3) is 0 Å². The second-order valence-corrected chi connectivity index (χ2v) is 6.16. The van der Waals surface area contributed by atoms with Gasteiger partial charge in [0.15, 0.2) is 11.5 Å². The summed E-state index contributed by atoms with van der Waals surface area (Å²) in [6.45, 7) is 5.76. The number of anilines is 1. The van der Waals surface area contributed by atoms with Gasteiger partial charge in [-0.2, -0.15) is 0 Å². The zero-order chi connectivity index (χ0) is 20.1. The number of methoxy groups -OCH3 is 3. The van der Waals surface area contributed by atoms with E-state index in [0.29, 0.717) is 41.5 Å². The molecule has 1 unspecified atom stereocenters. The number of hydrogen-bond acceptors (Lipinski definition) is 4. The van der Waals surface area contributed by atoms with E-state index in [1.165, 1.54) is 32.3 Å². The van der Waals surface area contributed by atoms with Crippen LogP contribution in [-0.2, 0) is 0 Å². The Morgan fingerprint density at radius 1 is 1.33 bits per heavy atom. The van der Waals surface area contributed by atoms with Gasteiger partial charge in [0.1, 0.15) is 5.83 Å². The highest BCUT2D eigenvalue weighted by molar-refractivity contribution is 6.19. The summed E-state index contributed by atoms with van der Waals surface area (Å²) in [5, 5.41) is 2.82. The monoisotopic (exact) mass is 398 g/mol. The third-order valence-electron chi connectivity index (χ3n) is 4.33. The molecule has 0 saturated carbocycles. The summed E-state index contributed by atoms with van der Waals surface area (Å²) >= 11 is 5.85. The molecule has 1 heterocycles. The number of fused-ring (bicyclic) bond motifs is 1. The summed E-state index contributed by atoms with van der Waals surface area (Å²) in [4.78, 5) is 14.3. The summed E-state index contributed by atoms with van der Waals surface area (Å²) in [5.74, 6) is 0.490. The largest absolute Gasteiger partial charge is 0.493 e. The van der Waals surface area contributed by atoms with E-state index in [4.69, 9.17) is 25.8 Å². The van der Waals surface area contributed by atoms with Crippen molar-refractivity contribution in [2.24, 2.45) is 0 Å². The molecule has 0 fully saturated rings. The first-order valence-electron chi connectivity index (χ1n) is 8.46. The Kier molecular flexibility index (Phi) is 6.96. The predicted octanol–water partition coefficient (Wildman–Crippen LogP) is 4.66. The Labute approximate surface area is 163 Å². The summed E-state index contributed by atoms with van der Waals surface area (Å²) in [6.07, 6.45) is 2.19. The van der Waals surface area contributed by atoms with Gasteiger partial charge in [-0.25, -0.2) is 9.18 Å². The van der Waals surface area contributed by atoms with Crippen LogP contribution in [-0.4, -0.2) is 44.7 Å². The molecule has 27 heavy (non-hydrogen) atoms. The number of ether oxygens (including phenoxy) is 3. The van der Waals surface area contributed by atoms with Crippen LogP contribution in [0, 0.1) is 0 Å². The maximum Gasteiger partial charge on any atom is 0.322 e. The van der Waals surface area contributed by atoms with Crippen molar-refractivity contribution in [3.05, 3.63) is 35.7 Å². The lowest BCUT2D eigenvalue weighted by Gasteiger charge is -2.39. The second kappa shape index (κ2) is 8.99. The molecule has 0 spiro atoms. The number of alkyl halides is 1. The van der Waals surface area contributed by atoms with Crippen LogP contribution in [0.1, 0.15) is 24.9 Å². The van der Waals surface area contributed by atoms with Crippen molar-refractivity contribution in [3.8, 4) is 17.2 Å². The average molecular weight is 399 g/mol. The maximum absolute atomic E-state index is 14.4. The van der Waals surface area contributed by atoms with Gasteiger partial charge in [-0.15, -0.1) is 11.6 Å². The fraction of sp³-hybridized carbons (Fsp3) is 0.421. The molecule has 1 N–H and O–H groups in total. The van der Waals surface area contributed by atoms with Crippen molar-refractivity contribution in [1.82, 2.24) is 4.90 Å². The Bertz CT molecular complexity index is 767. The van der Waals surface area contributed by atoms with Gasteiger partial charge in [0.05, 0.1) is 33.1 Å². The smallest absolute Gasteiger partial charge is 0.322 e. The lowest BCUT2D eigenvalue weighted by molar-refractivity contribution is 0.191. The third kappa shape index (κ3) is 3.83. The van der Waals surface area contributed by atoms with E-state index in [1.54, 1.807) is 6.07 Å². The van der Waals surface area contributed by atoms with Gasteiger partial charge < -0.3 is 24.4 Å². The van der Waals surface area contributed by atoms with E-state index < -0.39 is 11.9 Å². The van der Waals surface area contributed by atoms with Crippen LogP contribution >= 0.6 is 11.6 Å². The number of urea groups is 1. The highest BCUT2D eigenvalue weighted by atomic mass is 35.5. The van der Waals surface area contributed by atoms with Crippen molar-refractivity contribution < 1.29 is 23.4 Å². The number of carbonyl (C=O) groups is 1. The highest BCUT2D eigenvalue weighted by Crippen LogP contribution is 2.52. The number of allylic oxidation sites excluding steroid dienone is 1. The Morgan fingerprint density at radius 3 is 2.48 bits per heavy atom. The van der Waals surface area contributed by atoms with Crippen molar-refractivity contribution in [3.63, 3.8) is 0 Å². The van der Waals surface area contributed by atoms with Crippen LogP contribution in [0.2, 0.25) is 0 Å². The van der Waals surface area contributed by atoms with Crippen molar-refractivity contribution in [2.75, 3.05) is 39.1 Å². The molecule has 0 saturated heterocycles. The minimum Gasteiger partial charge on any atom is -0.493 e. The highest BCUT2D eigenvalue weighted by Gasteiger charge is 2.39. The zero-order valence-corrected chi connectivity index (χ0v) is 16.7. The molecule has 1 atom stereocenters. The molecule has 148 valence electrons. The number of rotatable bonds is 8. The van der Waals surface area contributed by atoms with Gasteiger partial charge in [-0.05, 0) is 6.42 Å². The summed E-state index contributed by atoms with van der Waals surface area (Å²) in [6, 6.07) is 0.509. The predicted molar refractivity (Wildman–Crippen MR) is 104 cm³/mol. The van der Waals surface area contributed by atoms with Gasteiger partial charge in [0, 0.05) is 29.6 Å². The molecular formula is C19H24ClFN2O4. The molecule has 6 nitrogen and oxygen atoms in total. The Hall–Kier alpha value is -2.41. The molecule has 0 bridgehead atoms. The normalized spacial score (nSPS) is 16.5. The van der Waals surface area contributed by atoms with Gasteiger partial charge in [-0.3, -0.25) is 0 Å². The van der Waals surface area contributed by atoms with Crippen LogP contribution in [0.3, 0.4) is 0 Å². The lowest BCUT2D eigenvalue weighted by atomic mass is 9.91. The minimum atomic E-state index is -0.764. The third-order valence-corrected chi connectivity index (χ3v) is 4.48. The molecule has 1 aliphatic rings. The number of carbonyl (C=O) groups excluding carboxylic acids is 1. The van der Waals surface area contributed by atoms with Crippen molar-refractivity contribution >= 4 is 23.3 Å². The van der Waals surface area contributed by atoms with Crippen molar-refractivity contribution in [2.45, 2.75) is 19.4 Å². The first-order valence-corrected chi connectivity index (χ1v) is 8.99. The average Bonchev–Trinajstić information content (AvgIpc) is 2.65. The molecule has 2 rings (SSSR count). The molecule has 2 amide bonds. The zero-order valence-electron chi connectivity index (χ0n) is 15.9. The topological polar surface area (TPSA) is 60.0 Å². The molecule has 0 aliphatic carbocycles. The molecule has 0 aromatic heterocycles. The minimum absolute atomic E-state index is 0.0707.